The Bertz CT molecular complexity index is 391. The van der Waals surface area contributed by atoms with E-state index in [1.54, 1.807) is 24.3 Å². The van der Waals surface area contributed by atoms with Crippen molar-refractivity contribution in [2.75, 3.05) is 7.11 Å². The lowest BCUT2D eigenvalue weighted by Gasteiger charge is -2.09. The van der Waals surface area contributed by atoms with Gasteiger partial charge in [0, 0.05) is 6.92 Å². The Morgan fingerprint density at radius 3 is 2.18 bits per heavy atom. The zero-order valence-corrected chi connectivity index (χ0v) is 10.3. The van der Waals surface area contributed by atoms with Crippen molar-refractivity contribution in [3.8, 4) is 5.75 Å². The molecule has 0 saturated carbocycles. The second-order valence-corrected chi connectivity index (χ2v) is 3.16. The molecule has 0 unspecified atom stereocenters. The van der Waals surface area contributed by atoms with Crippen molar-refractivity contribution in [1.82, 2.24) is 0 Å². The quantitative estimate of drug-likeness (QED) is 0.652. The van der Waals surface area contributed by atoms with E-state index in [1.807, 2.05) is 0 Å². The fourth-order valence-corrected chi connectivity index (χ4v) is 1.17. The summed E-state index contributed by atoms with van der Waals surface area (Å²) < 4.78 is 9.35. The molecule has 0 saturated heterocycles. The Morgan fingerprint density at radius 2 is 1.76 bits per heavy atom. The lowest BCUT2D eigenvalue weighted by atomic mass is 10.1. The molecule has 1 atom stereocenters. The van der Waals surface area contributed by atoms with E-state index in [-0.39, 0.29) is 12.4 Å². The summed E-state index contributed by atoms with van der Waals surface area (Å²) in [6.07, 6.45) is 0. The molecule has 0 bridgehead atoms. The minimum absolute atomic E-state index is 0. The van der Waals surface area contributed by atoms with Crippen LogP contribution in [0.3, 0.4) is 0 Å². The van der Waals surface area contributed by atoms with Gasteiger partial charge in [-0.05, 0) is 17.7 Å². The third kappa shape index (κ3) is 4.42. The number of rotatable bonds is 3. The summed E-state index contributed by atoms with van der Waals surface area (Å²) in [5.41, 5.74) is 6.22. The predicted octanol–water partition coefficient (Wildman–Crippen LogP) is 1.21. The highest BCUT2D eigenvalue weighted by atomic mass is 35.5. The Morgan fingerprint density at radius 1 is 1.24 bits per heavy atom. The summed E-state index contributed by atoms with van der Waals surface area (Å²) in [7, 11) is 1.27. The zero-order valence-electron chi connectivity index (χ0n) is 9.51. The minimum atomic E-state index is -0.823. The van der Waals surface area contributed by atoms with Gasteiger partial charge < -0.3 is 15.2 Å². The first-order valence-electron chi connectivity index (χ1n) is 4.66. The number of hydrogen-bond donors (Lipinski definition) is 1. The molecule has 0 aliphatic rings. The molecule has 0 aliphatic heterocycles. The molecule has 0 fully saturated rings. The van der Waals surface area contributed by atoms with Gasteiger partial charge in [-0.25, -0.2) is 0 Å². The predicted molar refractivity (Wildman–Crippen MR) is 63.9 cm³/mol. The van der Waals surface area contributed by atoms with Crippen LogP contribution in [0.1, 0.15) is 18.5 Å². The minimum Gasteiger partial charge on any atom is -0.468 e. The molecule has 6 heteroatoms. The van der Waals surface area contributed by atoms with E-state index in [0.29, 0.717) is 11.3 Å². The van der Waals surface area contributed by atoms with Crippen molar-refractivity contribution in [3.63, 3.8) is 0 Å². The number of carbonyl (C=O) groups is 2. The molecule has 17 heavy (non-hydrogen) atoms. The van der Waals surface area contributed by atoms with Gasteiger partial charge in [0.15, 0.2) is 0 Å². The molecule has 0 radical (unpaired) electrons. The molecule has 1 rings (SSSR count). The highest BCUT2D eigenvalue weighted by Gasteiger charge is 2.15. The van der Waals surface area contributed by atoms with E-state index in [4.69, 9.17) is 10.5 Å². The van der Waals surface area contributed by atoms with Gasteiger partial charge in [0.25, 0.3) is 0 Å². The second-order valence-electron chi connectivity index (χ2n) is 3.16. The van der Waals surface area contributed by atoms with Crippen molar-refractivity contribution in [3.05, 3.63) is 29.8 Å². The maximum absolute atomic E-state index is 11.1. The largest absolute Gasteiger partial charge is 0.468 e. The van der Waals surface area contributed by atoms with Gasteiger partial charge in [-0.2, -0.15) is 0 Å². The monoisotopic (exact) mass is 259 g/mol. The van der Waals surface area contributed by atoms with Crippen LogP contribution in [0.15, 0.2) is 24.3 Å². The Kier molecular flexibility index (Phi) is 6.23. The fourth-order valence-electron chi connectivity index (χ4n) is 1.17. The van der Waals surface area contributed by atoms with Gasteiger partial charge >= 0.3 is 11.9 Å². The van der Waals surface area contributed by atoms with Crippen LogP contribution >= 0.6 is 12.4 Å². The normalized spacial score (nSPS) is 11.0. The molecule has 1 aromatic rings. The Balaban J connectivity index is 0.00000256. The van der Waals surface area contributed by atoms with Gasteiger partial charge in [0.05, 0.1) is 7.11 Å². The van der Waals surface area contributed by atoms with Crippen LogP contribution < -0.4 is 10.5 Å². The van der Waals surface area contributed by atoms with Crippen LogP contribution in [0, 0.1) is 0 Å². The van der Waals surface area contributed by atoms with Crippen LogP contribution in [0.4, 0.5) is 0 Å². The number of nitrogens with two attached hydrogens (primary N) is 1. The van der Waals surface area contributed by atoms with E-state index in [9.17, 15) is 9.59 Å². The maximum atomic E-state index is 11.1. The van der Waals surface area contributed by atoms with Gasteiger partial charge in [0.2, 0.25) is 0 Å². The lowest BCUT2D eigenvalue weighted by Crippen LogP contribution is -2.22. The van der Waals surface area contributed by atoms with Crippen LogP contribution in [0.2, 0.25) is 0 Å². The van der Waals surface area contributed by atoms with E-state index >= 15 is 0 Å². The lowest BCUT2D eigenvalue weighted by molar-refractivity contribution is -0.142. The summed E-state index contributed by atoms with van der Waals surface area (Å²) in [5, 5.41) is 0. The number of esters is 2. The molecular weight excluding hydrogens is 246 g/mol. The molecule has 0 aromatic heterocycles. The van der Waals surface area contributed by atoms with Crippen molar-refractivity contribution >= 4 is 24.3 Å². The first-order valence-corrected chi connectivity index (χ1v) is 4.66. The van der Waals surface area contributed by atoms with Crippen molar-refractivity contribution in [2.45, 2.75) is 13.0 Å². The Labute approximate surface area is 105 Å². The first kappa shape index (κ1) is 15.4. The summed E-state index contributed by atoms with van der Waals surface area (Å²) in [6.45, 7) is 1.31. The van der Waals surface area contributed by atoms with Crippen molar-refractivity contribution < 1.29 is 19.1 Å². The molecule has 1 aromatic carbocycles. The molecule has 0 heterocycles. The van der Waals surface area contributed by atoms with Gasteiger partial charge in [-0.1, -0.05) is 12.1 Å². The smallest absolute Gasteiger partial charge is 0.327 e. The number of halogens is 1. The average molecular weight is 260 g/mol. The second kappa shape index (κ2) is 6.88. The van der Waals surface area contributed by atoms with Crippen LogP contribution in [-0.4, -0.2) is 19.0 Å². The van der Waals surface area contributed by atoms with Gasteiger partial charge in [-0.3, -0.25) is 9.59 Å². The van der Waals surface area contributed by atoms with Crippen LogP contribution in [0.5, 0.6) is 5.75 Å². The standard InChI is InChI=1S/C11H13NO4.ClH/c1-7(13)16-9-5-3-8(4-6-9)10(12)11(14)15-2;/h3-6,10H,12H2,1-2H3;1H/t10-;/m1./s1. The summed E-state index contributed by atoms with van der Waals surface area (Å²) in [5.74, 6) is -0.501. The van der Waals surface area contributed by atoms with E-state index in [1.165, 1.54) is 14.0 Å². The number of ether oxygens (including phenoxy) is 2. The molecule has 5 nitrogen and oxygen atoms in total. The molecule has 94 valence electrons. The molecule has 2 N–H and O–H groups in total. The molecule has 0 aliphatic carbocycles. The highest BCUT2D eigenvalue weighted by molar-refractivity contribution is 5.85. The third-order valence-corrected chi connectivity index (χ3v) is 1.96. The summed E-state index contributed by atoms with van der Waals surface area (Å²) in [6, 6.07) is 5.54. The zero-order chi connectivity index (χ0) is 12.1. The SMILES string of the molecule is COC(=O)[C@H](N)c1ccc(OC(C)=O)cc1.Cl. The number of hydrogen-bond acceptors (Lipinski definition) is 5. The van der Waals surface area contributed by atoms with E-state index in [0.717, 1.165) is 0 Å². The molecule has 0 spiro atoms. The van der Waals surface area contributed by atoms with Crippen LogP contribution in [-0.2, 0) is 14.3 Å². The molecular formula is C11H14ClNO4. The molecule has 0 amide bonds. The highest BCUT2D eigenvalue weighted by Crippen LogP contribution is 2.17. The van der Waals surface area contributed by atoms with E-state index in [2.05, 4.69) is 4.74 Å². The van der Waals surface area contributed by atoms with Gasteiger partial charge in [0.1, 0.15) is 11.8 Å². The fraction of sp³-hybridized carbons (Fsp3) is 0.273. The maximum Gasteiger partial charge on any atom is 0.327 e. The van der Waals surface area contributed by atoms with Crippen LogP contribution in [0.25, 0.3) is 0 Å². The summed E-state index contributed by atoms with van der Waals surface area (Å²) in [4.78, 5) is 21.8. The van der Waals surface area contributed by atoms with E-state index < -0.39 is 18.0 Å². The number of methoxy groups -OCH3 is 1. The summed E-state index contributed by atoms with van der Waals surface area (Å²) >= 11 is 0. The van der Waals surface area contributed by atoms with Gasteiger partial charge in [-0.15, -0.1) is 12.4 Å². The topological polar surface area (TPSA) is 78.6 Å². The van der Waals surface area contributed by atoms with Crippen molar-refractivity contribution in [1.29, 1.82) is 0 Å². The number of benzene rings is 1. The third-order valence-electron chi connectivity index (χ3n) is 1.96. The van der Waals surface area contributed by atoms with Crippen molar-refractivity contribution in [2.24, 2.45) is 5.73 Å². The first-order chi connectivity index (χ1) is 7.54. The Hall–Kier alpha value is -1.59. The number of carbonyl (C=O) groups excluding carboxylic acids is 2. The average Bonchev–Trinajstić information content (AvgIpc) is 2.27.